The van der Waals surface area contributed by atoms with Gasteiger partial charge >= 0.3 is 5.97 Å². The van der Waals surface area contributed by atoms with E-state index in [4.69, 9.17) is 9.47 Å². The molecule has 0 heterocycles. The van der Waals surface area contributed by atoms with Gasteiger partial charge in [0.2, 0.25) is 0 Å². The lowest BCUT2D eigenvalue weighted by Gasteiger charge is -2.23. The van der Waals surface area contributed by atoms with Crippen LogP contribution in [0.2, 0.25) is 0 Å². The molecule has 3 aromatic carbocycles. The molecule has 4 rings (SSSR count). The van der Waals surface area contributed by atoms with Gasteiger partial charge in [-0.15, -0.1) is 0 Å². The van der Waals surface area contributed by atoms with Crippen LogP contribution in [0.5, 0.6) is 11.5 Å². The fourth-order valence-corrected chi connectivity index (χ4v) is 5.00. The summed E-state index contributed by atoms with van der Waals surface area (Å²) in [5.74, 6) is -0.160. The van der Waals surface area contributed by atoms with E-state index in [1.165, 1.54) is 11.1 Å². The van der Waals surface area contributed by atoms with Crippen LogP contribution in [-0.2, 0) is 24.1 Å². The van der Waals surface area contributed by atoms with E-state index in [0.717, 1.165) is 22.0 Å². The van der Waals surface area contributed by atoms with Crippen LogP contribution in [0, 0.1) is 12.3 Å². The minimum absolute atomic E-state index is 0.0797. The highest BCUT2D eigenvalue weighted by Gasteiger charge is 2.45. The lowest BCUT2D eigenvalue weighted by atomic mass is 9.79. The summed E-state index contributed by atoms with van der Waals surface area (Å²) in [4.78, 5) is 25.5. The number of ketones is 1. The number of carbonyl (C=O) groups is 2. The van der Waals surface area contributed by atoms with Crippen LogP contribution in [0.15, 0.2) is 65.1 Å². The third-order valence-corrected chi connectivity index (χ3v) is 6.89. The minimum atomic E-state index is -1.15. The van der Waals surface area contributed by atoms with Gasteiger partial charge < -0.3 is 14.6 Å². The maximum absolute atomic E-state index is 13.2. The van der Waals surface area contributed by atoms with Crippen molar-refractivity contribution in [3.05, 3.63) is 93.0 Å². The van der Waals surface area contributed by atoms with Gasteiger partial charge in [0, 0.05) is 22.9 Å². The van der Waals surface area contributed by atoms with Gasteiger partial charge in [-0.05, 0) is 66.8 Å². The SMILES string of the molecule is COc1ccc(C(=O)CC2(C(=O)O)Cc3ccc(Br)cc3C2)cc1OCCc1cccc(C)c1. The molecule has 0 aliphatic heterocycles. The fraction of sp³-hybridized carbons (Fsp3) is 0.286. The van der Waals surface area contributed by atoms with Crippen molar-refractivity contribution in [2.75, 3.05) is 13.7 Å². The number of aliphatic carboxylic acids is 1. The van der Waals surface area contributed by atoms with Crippen molar-refractivity contribution in [2.45, 2.75) is 32.6 Å². The molecule has 0 bridgehead atoms. The van der Waals surface area contributed by atoms with E-state index in [0.29, 0.717) is 36.5 Å². The number of ether oxygens (including phenoxy) is 2. The van der Waals surface area contributed by atoms with Gasteiger partial charge in [-0.3, -0.25) is 9.59 Å². The first-order valence-corrected chi connectivity index (χ1v) is 12.0. The van der Waals surface area contributed by atoms with Crippen LogP contribution in [0.1, 0.15) is 39.0 Å². The Morgan fingerprint density at radius 3 is 2.53 bits per heavy atom. The number of aryl methyl sites for hydroxylation is 1. The number of fused-ring (bicyclic) bond motifs is 1. The second kappa shape index (κ2) is 10.0. The highest BCUT2D eigenvalue weighted by atomic mass is 79.9. The molecule has 0 saturated carbocycles. The highest BCUT2D eigenvalue weighted by Crippen LogP contribution is 2.42. The monoisotopic (exact) mass is 522 g/mol. The molecule has 1 unspecified atom stereocenters. The van der Waals surface area contributed by atoms with E-state index in [9.17, 15) is 14.7 Å². The molecule has 5 nitrogen and oxygen atoms in total. The van der Waals surface area contributed by atoms with Crippen LogP contribution >= 0.6 is 15.9 Å². The van der Waals surface area contributed by atoms with Gasteiger partial charge in [-0.2, -0.15) is 0 Å². The molecule has 1 aliphatic carbocycles. The van der Waals surface area contributed by atoms with E-state index < -0.39 is 11.4 Å². The van der Waals surface area contributed by atoms with E-state index >= 15 is 0 Å². The number of carbonyl (C=O) groups excluding carboxylic acids is 1. The lowest BCUT2D eigenvalue weighted by Crippen LogP contribution is -2.34. The number of benzene rings is 3. The average molecular weight is 523 g/mol. The van der Waals surface area contributed by atoms with Crippen LogP contribution in [0.3, 0.4) is 0 Å². The zero-order valence-electron chi connectivity index (χ0n) is 19.3. The maximum Gasteiger partial charge on any atom is 0.310 e. The van der Waals surface area contributed by atoms with Crippen molar-refractivity contribution in [1.29, 1.82) is 0 Å². The Balaban J connectivity index is 1.50. The van der Waals surface area contributed by atoms with E-state index in [-0.39, 0.29) is 12.2 Å². The van der Waals surface area contributed by atoms with E-state index in [2.05, 4.69) is 28.1 Å². The molecule has 0 aromatic heterocycles. The van der Waals surface area contributed by atoms with Crippen LogP contribution in [0.4, 0.5) is 0 Å². The summed E-state index contributed by atoms with van der Waals surface area (Å²) in [6, 6.07) is 19.0. The van der Waals surface area contributed by atoms with Gasteiger partial charge in [0.25, 0.3) is 0 Å². The van der Waals surface area contributed by atoms with Crippen molar-refractivity contribution in [3.8, 4) is 11.5 Å². The molecule has 3 aromatic rings. The van der Waals surface area contributed by atoms with Crippen LogP contribution < -0.4 is 9.47 Å². The number of Topliss-reactive ketones (excluding diaryl/α,β-unsaturated/α-hetero) is 1. The van der Waals surface area contributed by atoms with Crippen molar-refractivity contribution in [3.63, 3.8) is 0 Å². The number of hydrogen-bond donors (Lipinski definition) is 1. The first-order chi connectivity index (χ1) is 16.3. The summed E-state index contributed by atoms with van der Waals surface area (Å²) in [5, 5.41) is 10.1. The highest BCUT2D eigenvalue weighted by molar-refractivity contribution is 9.10. The summed E-state index contributed by atoms with van der Waals surface area (Å²) >= 11 is 3.45. The number of methoxy groups -OCH3 is 1. The number of hydrogen-bond acceptors (Lipinski definition) is 4. The number of rotatable bonds is 9. The summed E-state index contributed by atoms with van der Waals surface area (Å²) in [5.41, 5.74) is 3.59. The molecule has 1 atom stereocenters. The Morgan fingerprint density at radius 2 is 1.79 bits per heavy atom. The largest absolute Gasteiger partial charge is 0.493 e. The molecule has 1 aliphatic rings. The number of carboxylic acid groups (broad SMARTS) is 1. The van der Waals surface area contributed by atoms with Gasteiger partial charge in [-0.1, -0.05) is 51.8 Å². The molecule has 34 heavy (non-hydrogen) atoms. The predicted molar refractivity (Wildman–Crippen MR) is 134 cm³/mol. The van der Waals surface area contributed by atoms with Crippen LogP contribution in [-0.4, -0.2) is 30.6 Å². The van der Waals surface area contributed by atoms with Crippen molar-refractivity contribution < 1.29 is 24.2 Å². The predicted octanol–water partition coefficient (Wildman–Crippen LogP) is 5.83. The first-order valence-electron chi connectivity index (χ1n) is 11.2. The standard InChI is InChI=1S/C28H27BrO5/c1-18-4-3-5-19(12-18)10-11-34-26-14-20(7-9-25(26)33-2)24(30)17-28(27(31)32)15-21-6-8-23(29)13-22(21)16-28/h3-9,12-14H,10-11,15-17H2,1-2H3,(H,31,32). The topological polar surface area (TPSA) is 72.8 Å². The Kier molecular flexibility index (Phi) is 7.08. The van der Waals surface area contributed by atoms with Crippen molar-refractivity contribution in [2.24, 2.45) is 5.41 Å². The molecule has 0 radical (unpaired) electrons. The van der Waals surface area contributed by atoms with Crippen molar-refractivity contribution >= 4 is 27.7 Å². The molecule has 6 heteroatoms. The molecular weight excluding hydrogens is 496 g/mol. The fourth-order valence-electron chi connectivity index (χ4n) is 4.59. The molecule has 0 saturated heterocycles. The summed E-state index contributed by atoms with van der Waals surface area (Å²) in [6.07, 6.45) is 1.31. The van der Waals surface area contributed by atoms with Crippen molar-refractivity contribution in [1.82, 2.24) is 0 Å². The summed E-state index contributed by atoms with van der Waals surface area (Å²) in [6.45, 7) is 2.48. The Labute approximate surface area is 207 Å². The Morgan fingerprint density at radius 1 is 1.00 bits per heavy atom. The quantitative estimate of drug-likeness (QED) is 0.358. The molecule has 0 amide bonds. The summed E-state index contributed by atoms with van der Waals surface area (Å²) < 4.78 is 12.3. The minimum Gasteiger partial charge on any atom is -0.493 e. The van der Waals surface area contributed by atoms with Gasteiger partial charge in [0.15, 0.2) is 17.3 Å². The second-order valence-electron chi connectivity index (χ2n) is 8.91. The van der Waals surface area contributed by atoms with E-state index in [1.54, 1.807) is 25.3 Å². The molecule has 176 valence electrons. The van der Waals surface area contributed by atoms with Gasteiger partial charge in [0.05, 0.1) is 19.1 Å². The van der Waals surface area contributed by atoms with Gasteiger partial charge in [-0.25, -0.2) is 0 Å². The first kappa shape index (κ1) is 24.0. The summed E-state index contributed by atoms with van der Waals surface area (Å²) in [7, 11) is 1.55. The van der Waals surface area contributed by atoms with Crippen LogP contribution in [0.25, 0.3) is 0 Å². The average Bonchev–Trinajstić information content (AvgIpc) is 3.17. The smallest absolute Gasteiger partial charge is 0.310 e. The second-order valence-corrected chi connectivity index (χ2v) is 9.82. The molecule has 0 spiro atoms. The Bertz CT molecular complexity index is 1240. The number of carboxylic acids is 1. The van der Waals surface area contributed by atoms with Gasteiger partial charge in [0.1, 0.15) is 0 Å². The third kappa shape index (κ3) is 5.17. The lowest BCUT2D eigenvalue weighted by molar-refractivity contribution is -0.148. The Hall–Kier alpha value is -3.12. The zero-order chi connectivity index (χ0) is 24.3. The third-order valence-electron chi connectivity index (χ3n) is 6.40. The number of halogens is 1. The molecule has 1 N–H and O–H groups in total. The maximum atomic E-state index is 13.2. The normalized spacial score (nSPS) is 16.7. The molecular formula is C28H27BrO5. The molecule has 0 fully saturated rings. The zero-order valence-corrected chi connectivity index (χ0v) is 20.9. The van der Waals surface area contributed by atoms with E-state index in [1.807, 2.05) is 37.3 Å².